The molecule has 1 aliphatic heterocycles. The molecule has 0 spiro atoms. The van der Waals surface area contributed by atoms with Crippen molar-refractivity contribution in [3.8, 4) is 0 Å². The Kier molecular flexibility index (Phi) is 4.71. The van der Waals surface area contributed by atoms with Crippen molar-refractivity contribution >= 4 is 6.09 Å². The second kappa shape index (κ2) is 6.12. The zero-order valence-corrected chi connectivity index (χ0v) is 12.6. The lowest BCUT2D eigenvalue weighted by Crippen LogP contribution is -2.50. The molecule has 4 nitrogen and oxygen atoms in total. The van der Waals surface area contributed by atoms with Crippen LogP contribution in [0.25, 0.3) is 0 Å². The highest BCUT2D eigenvalue weighted by molar-refractivity contribution is 5.68. The summed E-state index contributed by atoms with van der Waals surface area (Å²) in [6.07, 6.45) is 5.84. The summed E-state index contributed by atoms with van der Waals surface area (Å²) in [5.74, 6) is 0.585. The molecule has 1 saturated carbocycles. The first kappa shape index (κ1) is 14.6. The first-order valence-electron chi connectivity index (χ1n) is 7.66. The van der Waals surface area contributed by atoms with Crippen LogP contribution in [0.4, 0.5) is 4.79 Å². The van der Waals surface area contributed by atoms with Gasteiger partial charge in [-0.2, -0.15) is 0 Å². The molecule has 0 bridgehead atoms. The van der Waals surface area contributed by atoms with Crippen LogP contribution in [-0.4, -0.2) is 42.3 Å². The average molecular weight is 268 g/mol. The molecule has 2 rings (SSSR count). The molecule has 1 aliphatic carbocycles. The lowest BCUT2D eigenvalue weighted by molar-refractivity contribution is 0.00187. The quantitative estimate of drug-likeness (QED) is 0.855. The van der Waals surface area contributed by atoms with E-state index in [4.69, 9.17) is 4.74 Å². The molecule has 0 radical (unpaired) electrons. The number of ether oxygens (including phenoxy) is 1. The van der Waals surface area contributed by atoms with Crippen molar-refractivity contribution in [1.29, 1.82) is 0 Å². The number of piperidine rings is 1. The van der Waals surface area contributed by atoms with Gasteiger partial charge in [0.05, 0.1) is 0 Å². The maximum Gasteiger partial charge on any atom is 0.410 e. The Hall–Kier alpha value is -0.770. The lowest BCUT2D eigenvalue weighted by Gasteiger charge is -2.40. The molecule has 1 N–H and O–H groups in total. The number of hydrogen-bond donors (Lipinski definition) is 1. The number of amides is 1. The Morgan fingerprint density at radius 2 is 2.00 bits per heavy atom. The number of nitrogens with zero attached hydrogens (tertiary/aromatic N) is 1. The molecule has 1 amide bonds. The molecule has 1 atom stereocenters. The standard InChI is InChI=1S/C15H28N2O2/c1-15(2,3)19-14(18)17(13-7-4-8-13)11-12-6-5-9-16-10-12/h12-13,16H,4-11H2,1-3H3. The van der Waals surface area contributed by atoms with Gasteiger partial charge >= 0.3 is 6.09 Å². The van der Waals surface area contributed by atoms with Gasteiger partial charge in [-0.15, -0.1) is 0 Å². The van der Waals surface area contributed by atoms with E-state index in [1.54, 1.807) is 0 Å². The number of nitrogens with one attached hydrogen (secondary N) is 1. The van der Waals surface area contributed by atoms with Gasteiger partial charge in [0.2, 0.25) is 0 Å². The van der Waals surface area contributed by atoms with Gasteiger partial charge in [0.25, 0.3) is 0 Å². The van der Waals surface area contributed by atoms with Crippen LogP contribution in [0, 0.1) is 5.92 Å². The molecule has 0 aromatic rings. The van der Waals surface area contributed by atoms with Crippen LogP contribution in [0.15, 0.2) is 0 Å². The molecule has 1 unspecified atom stereocenters. The molecule has 2 aliphatic rings. The van der Waals surface area contributed by atoms with Gasteiger partial charge in [-0.25, -0.2) is 4.79 Å². The topological polar surface area (TPSA) is 41.6 Å². The van der Waals surface area contributed by atoms with Crippen molar-refractivity contribution in [2.45, 2.75) is 64.5 Å². The van der Waals surface area contributed by atoms with Gasteiger partial charge in [0, 0.05) is 12.6 Å². The van der Waals surface area contributed by atoms with E-state index >= 15 is 0 Å². The van der Waals surface area contributed by atoms with Gasteiger partial charge in [-0.1, -0.05) is 0 Å². The third-order valence-corrected chi connectivity index (χ3v) is 4.00. The van der Waals surface area contributed by atoms with Crippen molar-refractivity contribution in [1.82, 2.24) is 10.2 Å². The predicted molar refractivity (Wildman–Crippen MR) is 76.2 cm³/mol. The summed E-state index contributed by atoms with van der Waals surface area (Å²) in [6, 6.07) is 0.414. The molecule has 4 heteroatoms. The van der Waals surface area contributed by atoms with E-state index in [2.05, 4.69) is 5.32 Å². The second-order valence-electron chi connectivity index (χ2n) is 6.93. The van der Waals surface area contributed by atoms with E-state index in [1.165, 1.54) is 19.3 Å². The van der Waals surface area contributed by atoms with E-state index in [9.17, 15) is 4.79 Å². The summed E-state index contributed by atoms with van der Waals surface area (Å²) in [5, 5.41) is 3.42. The van der Waals surface area contributed by atoms with E-state index < -0.39 is 5.60 Å². The van der Waals surface area contributed by atoms with Crippen LogP contribution in [0.3, 0.4) is 0 Å². The highest BCUT2D eigenvalue weighted by Crippen LogP contribution is 2.28. The summed E-state index contributed by atoms with van der Waals surface area (Å²) in [4.78, 5) is 14.3. The monoisotopic (exact) mass is 268 g/mol. The summed E-state index contributed by atoms with van der Waals surface area (Å²) >= 11 is 0. The zero-order valence-electron chi connectivity index (χ0n) is 12.6. The van der Waals surface area contributed by atoms with Crippen LogP contribution in [0.5, 0.6) is 0 Å². The Bertz CT molecular complexity index is 302. The number of hydrogen-bond acceptors (Lipinski definition) is 3. The molecule has 1 saturated heterocycles. The van der Waals surface area contributed by atoms with Crippen LogP contribution in [-0.2, 0) is 4.74 Å². The number of carbonyl (C=O) groups excluding carboxylic acids is 1. The summed E-state index contributed by atoms with van der Waals surface area (Å²) in [6.45, 7) is 8.81. The van der Waals surface area contributed by atoms with Gasteiger partial charge in [0.1, 0.15) is 5.60 Å². The number of rotatable bonds is 3. The van der Waals surface area contributed by atoms with Gasteiger partial charge in [0.15, 0.2) is 0 Å². The van der Waals surface area contributed by atoms with Crippen molar-refractivity contribution in [2.75, 3.05) is 19.6 Å². The molecule has 19 heavy (non-hydrogen) atoms. The summed E-state index contributed by atoms with van der Waals surface area (Å²) < 4.78 is 5.56. The fourth-order valence-corrected chi connectivity index (χ4v) is 2.75. The Labute approximate surface area is 116 Å². The largest absolute Gasteiger partial charge is 0.444 e. The lowest BCUT2D eigenvalue weighted by atomic mass is 9.90. The minimum absolute atomic E-state index is 0.122. The van der Waals surface area contributed by atoms with Crippen molar-refractivity contribution < 1.29 is 9.53 Å². The maximum atomic E-state index is 12.4. The Morgan fingerprint density at radius 3 is 2.47 bits per heavy atom. The molecule has 0 aromatic heterocycles. The van der Waals surface area contributed by atoms with Crippen LogP contribution in [0.2, 0.25) is 0 Å². The van der Waals surface area contributed by atoms with Crippen LogP contribution >= 0.6 is 0 Å². The van der Waals surface area contributed by atoms with E-state index in [1.807, 2.05) is 25.7 Å². The van der Waals surface area contributed by atoms with E-state index in [0.29, 0.717) is 12.0 Å². The van der Waals surface area contributed by atoms with Crippen LogP contribution < -0.4 is 5.32 Å². The van der Waals surface area contributed by atoms with Crippen molar-refractivity contribution in [3.05, 3.63) is 0 Å². The smallest absolute Gasteiger partial charge is 0.410 e. The molecule has 1 heterocycles. The summed E-state index contributed by atoms with van der Waals surface area (Å²) in [5.41, 5.74) is -0.399. The van der Waals surface area contributed by atoms with Crippen LogP contribution in [0.1, 0.15) is 52.9 Å². The predicted octanol–water partition coefficient (Wildman–Crippen LogP) is 2.78. The third-order valence-electron chi connectivity index (χ3n) is 4.00. The van der Waals surface area contributed by atoms with Gasteiger partial charge in [-0.3, -0.25) is 0 Å². The number of carbonyl (C=O) groups is 1. The molecular formula is C15H28N2O2. The minimum Gasteiger partial charge on any atom is -0.444 e. The Balaban J connectivity index is 1.92. The third kappa shape index (κ3) is 4.37. The highest BCUT2D eigenvalue weighted by Gasteiger charge is 2.33. The zero-order chi connectivity index (χ0) is 13.9. The normalized spacial score (nSPS) is 24.7. The van der Waals surface area contributed by atoms with Gasteiger partial charge < -0.3 is 15.0 Å². The molecule has 0 aromatic carbocycles. The fraction of sp³-hybridized carbons (Fsp3) is 0.933. The minimum atomic E-state index is -0.399. The molecule has 110 valence electrons. The van der Waals surface area contributed by atoms with E-state index in [-0.39, 0.29) is 6.09 Å². The van der Waals surface area contributed by atoms with E-state index in [0.717, 1.165) is 32.5 Å². The summed E-state index contributed by atoms with van der Waals surface area (Å²) in [7, 11) is 0. The first-order valence-corrected chi connectivity index (χ1v) is 7.66. The highest BCUT2D eigenvalue weighted by atomic mass is 16.6. The second-order valence-corrected chi connectivity index (χ2v) is 6.93. The van der Waals surface area contributed by atoms with Crippen molar-refractivity contribution in [3.63, 3.8) is 0 Å². The maximum absolute atomic E-state index is 12.4. The first-order chi connectivity index (χ1) is 8.96. The SMILES string of the molecule is CC(C)(C)OC(=O)N(CC1CCCNC1)C1CCC1. The fourth-order valence-electron chi connectivity index (χ4n) is 2.75. The molecule has 2 fully saturated rings. The molecular weight excluding hydrogens is 240 g/mol. The Morgan fingerprint density at radius 1 is 1.26 bits per heavy atom. The average Bonchev–Trinajstić information content (AvgIpc) is 2.25. The van der Waals surface area contributed by atoms with Crippen molar-refractivity contribution in [2.24, 2.45) is 5.92 Å². The van der Waals surface area contributed by atoms with Gasteiger partial charge in [-0.05, 0) is 71.9 Å².